The zero-order valence-corrected chi connectivity index (χ0v) is 13.8. The molecule has 1 N–H and O–H groups in total. The maximum Gasteiger partial charge on any atom is 0.0580 e. The number of rotatable bonds is 3. The first kappa shape index (κ1) is 14.3. The second kappa shape index (κ2) is 6.00. The minimum atomic E-state index is 0.198. The number of aryl methyl sites for hydroxylation is 1. The van der Waals surface area contributed by atoms with Crippen molar-refractivity contribution >= 4 is 26.7 Å². The molecule has 0 fully saturated rings. The molecule has 106 valence electrons. The molecule has 3 rings (SSSR count). The molecule has 21 heavy (non-hydrogen) atoms. The van der Waals surface area contributed by atoms with E-state index in [2.05, 4.69) is 88.8 Å². The van der Waals surface area contributed by atoms with Gasteiger partial charge in [0.15, 0.2) is 0 Å². The molecule has 3 aromatic rings. The summed E-state index contributed by atoms with van der Waals surface area (Å²) in [6.45, 7) is 2.17. The van der Waals surface area contributed by atoms with E-state index in [1.807, 2.05) is 7.05 Å². The van der Waals surface area contributed by atoms with Crippen LogP contribution in [0, 0.1) is 6.92 Å². The Balaban J connectivity index is 2.17. The van der Waals surface area contributed by atoms with Crippen LogP contribution in [0.1, 0.15) is 22.7 Å². The van der Waals surface area contributed by atoms with Gasteiger partial charge in [0.25, 0.3) is 0 Å². The Kier molecular flexibility index (Phi) is 4.09. The van der Waals surface area contributed by atoms with Gasteiger partial charge in [-0.1, -0.05) is 64.5 Å². The van der Waals surface area contributed by atoms with Crippen LogP contribution in [0.25, 0.3) is 10.8 Å². The van der Waals surface area contributed by atoms with Crippen LogP contribution in [0.2, 0.25) is 0 Å². The monoisotopic (exact) mass is 339 g/mol. The van der Waals surface area contributed by atoms with Crippen molar-refractivity contribution in [3.05, 3.63) is 81.8 Å². The second-order valence-electron chi connectivity index (χ2n) is 5.29. The topological polar surface area (TPSA) is 12.0 Å². The molecule has 3 aromatic carbocycles. The Labute approximate surface area is 134 Å². The van der Waals surface area contributed by atoms with E-state index in [1.54, 1.807) is 0 Å². The molecule has 0 radical (unpaired) electrons. The van der Waals surface area contributed by atoms with Gasteiger partial charge in [-0.2, -0.15) is 0 Å². The second-order valence-corrected chi connectivity index (χ2v) is 6.21. The highest BCUT2D eigenvalue weighted by Gasteiger charge is 2.15. The number of hydrogen-bond donors (Lipinski definition) is 1. The van der Waals surface area contributed by atoms with Crippen LogP contribution in [0.4, 0.5) is 0 Å². The van der Waals surface area contributed by atoms with E-state index in [-0.39, 0.29) is 6.04 Å². The van der Waals surface area contributed by atoms with Crippen molar-refractivity contribution < 1.29 is 0 Å². The van der Waals surface area contributed by atoms with Gasteiger partial charge in [0.2, 0.25) is 0 Å². The molecule has 0 saturated carbocycles. The van der Waals surface area contributed by atoms with Crippen molar-refractivity contribution in [1.82, 2.24) is 5.32 Å². The molecule has 1 unspecified atom stereocenters. The molecule has 1 atom stereocenters. The minimum Gasteiger partial charge on any atom is -0.309 e. The lowest BCUT2D eigenvalue weighted by Gasteiger charge is -2.20. The molecule has 0 bridgehead atoms. The fraction of sp³-hybridized carbons (Fsp3) is 0.158. The summed E-state index contributed by atoms with van der Waals surface area (Å²) in [4.78, 5) is 0. The minimum absolute atomic E-state index is 0.198. The highest BCUT2D eigenvalue weighted by atomic mass is 79.9. The third-order valence-corrected chi connectivity index (χ3v) is 4.51. The van der Waals surface area contributed by atoms with E-state index in [0.717, 1.165) is 4.47 Å². The van der Waals surface area contributed by atoms with Gasteiger partial charge in [0, 0.05) is 4.47 Å². The van der Waals surface area contributed by atoms with Gasteiger partial charge in [-0.3, -0.25) is 0 Å². The molecule has 0 amide bonds. The summed E-state index contributed by atoms with van der Waals surface area (Å²) in [6.07, 6.45) is 0. The first-order valence-corrected chi connectivity index (χ1v) is 7.91. The Bertz CT molecular complexity index is 762. The Morgan fingerprint density at radius 1 is 0.857 bits per heavy atom. The van der Waals surface area contributed by atoms with E-state index in [9.17, 15) is 0 Å². The Hall–Kier alpha value is -1.64. The quantitative estimate of drug-likeness (QED) is 0.689. The molecule has 0 aromatic heterocycles. The van der Waals surface area contributed by atoms with Crippen LogP contribution in [0.3, 0.4) is 0 Å². The van der Waals surface area contributed by atoms with E-state index in [1.165, 1.54) is 27.5 Å². The van der Waals surface area contributed by atoms with E-state index in [4.69, 9.17) is 0 Å². The number of halogens is 1. The van der Waals surface area contributed by atoms with Crippen molar-refractivity contribution in [2.75, 3.05) is 7.05 Å². The van der Waals surface area contributed by atoms with Gasteiger partial charge >= 0.3 is 0 Å². The van der Waals surface area contributed by atoms with E-state index < -0.39 is 0 Å². The van der Waals surface area contributed by atoms with Gasteiger partial charge in [0.1, 0.15) is 0 Å². The van der Waals surface area contributed by atoms with Crippen molar-refractivity contribution in [3.63, 3.8) is 0 Å². The zero-order chi connectivity index (χ0) is 14.8. The van der Waals surface area contributed by atoms with Gasteiger partial charge in [-0.25, -0.2) is 0 Å². The summed E-state index contributed by atoms with van der Waals surface area (Å²) in [6, 6.07) is 21.8. The summed E-state index contributed by atoms with van der Waals surface area (Å²) in [5.74, 6) is 0. The molecule has 0 aliphatic heterocycles. The number of nitrogens with one attached hydrogen (secondary N) is 1. The summed E-state index contributed by atoms with van der Waals surface area (Å²) >= 11 is 3.50. The molecule has 0 aliphatic rings. The molecule has 0 heterocycles. The number of hydrogen-bond acceptors (Lipinski definition) is 1. The van der Waals surface area contributed by atoms with Crippen LogP contribution < -0.4 is 5.32 Å². The molecule has 1 nitrogen and oxygen atoms in total. The van der Waals surface area contributed by atoms with Crippen LogP contribution in [-0.2, 0) is 0 Å². The van der Waals surface area contributed by atoms with Crippen LogP contribution in [-0.4, -0.2) is 7.05 Å². The van der Waals surface area contributed by atoms with Crippen LogP contribution in [0.15, 0.2) is 65.1 Å². The molecule has 0 saturated heterocycles. The summed E-state index contributed by atoms with van der Waals surface area (Å²) in [7, 11) is 2.02. The lowest BCUT2D eigenvalue weighted by Crippen LogP contribution is -2.18. The first-order chi connectivity index (χ1) is 10.2. The third kappa shape index (κ3) is 2.74. The van der Waals surface area contributed by atoms with Gasteiger partial charge in [-0.05, 0) is 53.6 Å². The molecular formula is C19H18BrN. The van der Waals surface area contributed by atoms with Gasteiger partial charge < -0.3 is 5.32 Å². The highest BCUT2D eigenvalue weighted by Crippen LogP contribution is 2.31. The zero-order valence-electron chi connectivity index (χ0n) is 12.2. The van der Waals surface area contributed by atoms with Crippen molar-refractivity contribution in [1.29, 1.82) is 0 Å². The van der Waals surface area contributed by atoms with Crippen molar-refractivity contribution in [2.24, 2.45) is 0 Å². The summed E-state index contributed by atoms with van der Waals surface area (Å²) in [5, 5.41) is 6.10. The van der Waals surface area contributed by atoms with Crippen molar-refractivity contribution in [2.45, 2.75) is 13.0 Å². The summed E-state index contributed by atoms with van der Waals surface area (Å²) < 4.78 is 1.11. The lowest BCUT2D eigenvalue weighted by atomic mass is 9.92. The SMILES string of the molecule is CNC(c1ccc(Br)cc1)c1ccc(C)c2ccccc12. The standard InChI is InChI=1S/C19H18BrN/c1-13-7-12-18(17-6-4-3-5-16(13)17)19(21-2)14-8-10-15(20)11-9-14/h3-12,19,21H,1-2H3. The molecule has 0 spiro atoms. The Morgan fingerprint density at radius 2 is 1.52 bits per heavy atom. The van der Waals surface area contributed by atoms with E-state index in [0.29, 0.717) is 0 Å². The molecule has 2 heteroatoms. The molecular weight excluding hydrogens is 322 g/mol. The maximum absolute atomic E-state index is 3.50. The largest absolute Gasteiger partial charge is 0.309 e. The number of fused-ring (bicyclic) bond motifs is 1. The first-order valence-electron chi connectivity index (χ1n) is 7.11. The fourth-order valence-corrected chi connectivity index (χ4v) is 3.15. The smallest absolute Gasteiger partial charge is 0.0580 e. The average Bonchev–Trinajstić information content (AvgIpc) is 2.52. The van der Waals surface area contributed by atoms with Gasteiger partial charge in [0.05, 0.1) is 6.04 Å². The predicted octanol–water partition coefficient (Wildman–Crippen LogP) is 5.22. The summed E-state index contributed by atoms with van der Waals surface area (Å²) in [5.41, 5.74) is 3.91. The normalized spacial score (nSPS) is 12.5. The van der Waals surface area contributed by atoms with Crippen LogP contribution >= 0.6 is 15.9 Å². The maximum atomic E-state index is 3.50. The average molecular weight is 340 g/mol. The number of benzene rings is 3. The predicted molar refractivity (Wildman–Crippen MR) is 93.7 cm³/mol. The Morgan fingerprint density at radius 3 is 2.19 bits per heavy atom. The molecule has 0 aliphatic carbocycles. The van der Waals surface area contributed by atoms with Gasteiger partial charge in [-0.15, -0.1) is 0 Å². The highest BCUT2D eigenvalue weighted by molar-refractivity contribution is 9.10. The third-order valence-electron chi connectivity index (χ3n) is 3.98. The lowest BCUT2D eigenvalue weighted by molar-refractivity contribution is 0.696. The van der Waals surface area contributed by atoms with Crippen molar-refractivity contribution in [3.8, 4) is 0 Å². The fourth-order valence-electron chi connectivity index (χ4n) is 2.88. The van der Waals surface area contributed by atoms with E-state index >= 15 is 0 Å². The van der Waals surface area contributed by atoms with Crippen LogP contribution in [0.5, 0.6) is 0 Å².